The SMILES string of the molecule is COc1ccc([C@H]2C[C@@H](C(F)(F)F)n3nc(C(=O)N4CC[NH+](C5C6CC7CC(C6)CC5C7)CC4)cc3N2)cc1OC. The third-order valence-corrected chi connectivity index (χ3v) is 10.6. The van der Waals surface area contributed by atoms with Gasteiger partial charge in [0, 0.05) is 24.3 Å². The number of carbonyl (C=O) groups is 1. The zero-order chi connectivity index (χ0) is 28.5. The topological polar surface area (TPSA) is 73.1 Å². The number of carbonyl (C=O) groups excluding carboxylic acids is 1. The smallest absolute Gasteiger partial charge is 0.410 e. The second kappa shape index (κ2) is 10.1. The fraction of sp³-hybridized carbons (Fsp3) is 0.667. The molecule has 1 aromatic heterocycles. The first-order chi connectivity index (χ1) is 19.7. The molecule has 1 aromatic carbocycles. The zero-order valence-corrected chi connectivity index (χ0v) is 23.6. The maximum atomic E-state index is 14.3. The molecule has 4 aliphatic carbocycles. The van der Waals surface area contributed by atoms with Crippen LogP contribution in [0, 0.1) is 23.7 Å². The minimum atomic E-state index is -4.52. The van der Waals surface area contributed by atoms with Crippen LogP contribution >= 0.6 is 0 Å². The summed E-state index contributed by atoms with van der Waals surface area (Å²) in [6.07, 6.45) is 2.16. The molecule has 0 unspecified atom stereocenters. The molecule has 41 heavy (non-hydrogen) atoms. The van der Waals surface area contributed by atoms with Gasteiger partial charge in [0.25, 0.3) is 5.91 Å². The Labute approximate surface area is 238 Å². The quantitative estimate of drug-likeness (QED) is 0.570. The Hall–Kier alpha value is -2.95. The number of hydrogen-bond acceptors (Lipinski definition) is 5. The molecule has 1 saturated heterocycles. The predicted molar refractivity (Wildman–Crippen MR) is 145 cm³/mol. The Kier molecular flexibility index (Phi) is 6.63. The number of rotatable bonds is 5. The van der Waals surface area contributed by atoms with Crippen LogP contribution in [0.15, 0.2) is 24.3 Å². The molecular formula is C30H39F3N5O3+. The highest BCUT2D eigenvalue weighted by Gasteiger charge is 2.53. The Bertz CT molecular complexity index is 1280. The van der Waals surface area contributed by atoms with Crippen LogP contribution < -0.4 is 19.7 Å². The molecule has 6 aliphatic rings. The van der Waals surface area contributed by atoms with E-state index in [4.69, 9.17) is 9.47 Å². The maximum Gasteiger partial charge on any atom is 0.410 e. The number of ether oxygens (including phenoxy) is 2. The van der Waals surface area contributed by atoms with Crippen molar-refractivity contribution in [1.29, 1.82) is 0 Å². The van der Waals surface area contributed by atoms with Gasteiger partial charge in [-0.05, 0) is 61.6 Å². The lowest BCUT2D eigenvalue weighted by molar-refractivity contribution is -0.939. The van der Waals surface area contributed by atoms with E-state index in [1.807, 2.05) is 0 Å². The molecule has 2 aliphatic heterocycles. The van der Waals surface area contributed by atoms with E-state index < -0.39 is 18.3 Å². The van der Waals surface area contributed by atoms with E-state index in [2.05, 4.69) is 10.4 Å². The lowest BCUT2D eigenvalue weighted by Gasteiger charge is -2.56. The number of hydrogen-bond donors (Lipinski definition) is 2. The molecule has 11 heteroatoms. The number of nitrogens with one attached hydrogen (secondary N) is 2. The molecule has 2 atom stereocenters. The van der Waals surface area contributed by atoms with Crippen LogP contribution in [0.3, 0.4) is 0 Å². The van der Waals surface area contributed by atoms with E-state index in [1.165, 1.54) is 52.4 Å². The van der Waals surface area contributed by atoms with Gasteiger partial charge in [-0.2, -0.15) is 18.3 Å². The van der Waals surface area contributed by atoms with Crippen molar-refractivity contribution in [2.75, 3.05) is 45.7 Å². The van der Waals surface area contributed by atoms with Gasteiger partial charge < -0.3 is 24.6 Å². The molecule has 2 N–H and O–H groups in total. The molecule has 0 radical (unpaired) electrons. The second-order valence-electron chi connectivity index (χ2n) is 12.9. The Morgan fingerprint density at radius 3 is 2.22 bits per heavy atom. The van der Waals surface area contributed by atoms with Gasteiger partial charge in [0.05, 0.1) is 52.5 Å². The van der Waals surface area contributed by atoms with Crippen molar-refractivity contribution < 1.29 is 32.3 Å². The van der Waals surface area contributed by atoms with E-state index in [9.17, 15) is 18.0 Å². The van der Waals surface area contributed by atoms with Gasteiger partial charge in [0.1, 0.15) is 5.82 Å². The summed E-state index contributed by atoms with van der Waals surface area (Å²) >= 11 is 0. The number of quaternary nitrogens is 1. The van der Waals surface area contributed by atoms with Gasteiger partial charge in [-0.3, -0.25) is 4.79 Å². The van der Waals surface area contributed by atoms with Crippen LogP contribution in [0.5, 0.6) is 11.5 Å². The number of aromatic nitrogens is 2. The Morgan fingerprint density at radius 1 is 0.951 bits per heavy atom. The van der Waals surface area contributed by atoms with Gasteiger partial charge in [-0.1, -0.05) is 6.07 Å². The molecule has 8 rings (SSSR count). The predicted octanol–water partition coefficient (Wildman–Crippen LogP) is 3.73. The van der Waals surface area contributed by atoms with Crippen LogP contribution in [0.1, 0.15) is 66.7 Å². The fourth-order valence-corrected chi connectivity index (χ4v) is 9.05. The van der Waals surface area contributed by atoms with Gasteiger partial charge in [0.15, 0.2) is 23.2 Å². The van der Waals surface area contributed by atoms with Crippen LogP contribution in [0.2, 0.25) is 0 Å². The molecule has 8 nitrogen and oxygen atoms in total. The summed E-state index contributed by atoms with van der Waals surface area (Å²) < 4.78 is 54.3. The van der Waals surface area contributed by atoms with E-state index >= 15 is 0 Å². The first-order valence-corrected chi connectivity index (χ1v) is 15.0. The summed E-state index contributed by atoms with van der Waals surface area (Å²) in [6.45, 7) is 3.03. The molecule has 2 aromatic rings. The fourth-order valence-electron chi connectivity index (χ4n) is 9.05. The van der Waals surface area contributed by atoms with Crippen molar-refractivity contribution in [3.05, 3.63) is 35.5 Å². The number of nitrogens with zero attached hydrogens (tertiary/aromatic N) is 3. The Balaban J connectivity index is 1.07. The zero-order valence-electron chi connectivity index (χ0n) is 23.6. The van der Waals surface area contributed by atoms with Gasteiger partial charge in [0.2, 0.25) is 0 Å². The summed E-state index contributed by atoms with van der Waals surface area (Å²) in [6, 6.07) is 4.81. The summed E-state index contributed by atoms with van der Waals surface area (Å²) in [5.41, 5.74) is 0.703. The average Bonchev–Trinajstić information content (AvgIpc) is 3.39. The molecule has 1 amide bonds. The van der Waals surface area contributed by atoms with Crippen molar-refractivity contribution in [2.24, 2.45) is 23.7 Å². The first-order valence-electron chi connectivity index (χ1n) is 15.0. The number of halogens is 3. The number of fused-ring (bicyclic) bond motifs is 1. The summed E-state index contributed by atoms with van der Waals surface area (Å²) in [5, 5.41) is 7.41. The van der Waals surface area contributed by atoms with Crippen molar-refractivity contribution in [1.82, 2.24) is 14.7 Å². The number of alkyl halides is 3. The van der Waals surface area contributed by atoms with Crippen LogP contribution in [0.4, 0.5) is 19.0 Å². The monoisotopic (exact) mass is 574 g/mol. The first kappa shape index (κ1) is 26.9. The number of methoxy groups -OCH3 is 2. The number of anilines is 1. The summed E-state index contributed by atoms with van der Waals surface area (Å²) in [5.74, 6) is 4.37. The third-order valence-electron chi connectivity index (χ3n) is 10.6. The van der Waals surface area contributed by atoms with Gasteiger partial charge in [-0.25, -0.2) is 4.68 Å². The van der Waals surface area contributed by atoms with Gasteiger partial charge >= 0.3 is 6.18 Å². The molecule has 0 spiro atoms. The van der Waals surface area contributed by atoms with Crippen LogP contribution in [-0.4, -0.2) is 73.2 Å². The van der Waals surface area contributed by atoms with Crippen molar-refractivity contribution >= 4 is 11.7 Å². The molecule has 4 bridgehead atoms. The highest BCUT2D eigenvalue weighted by molar-refractivity contribution is 5.93. The molecule has 5 fully saturated rings. The summed E-state index contributed by atoms with van der Waals surface area (Å²) in [4.78, 5) is 16.9. The van der Waals surface area contributed by atoms with Crippen molar-refractivity contribution in [3.8, 4) is 11.5 Å². The van der Waals surface area contributed by atoms with E-state index in [1.54, 1.807) is 28.0 Å². The van der Waals surface area contributed by atoms with Gasteiger partial charge in [-0.15, -0.1) is 0 Å². The lowest BCUT2D eigenvalue weighted by atomic mass is 9.54. The average molecular weight is 575 g/mol. The highest BCUT2D eigenvalue weighted by atomic mass is 19.4. The molecule has 222 valence electrons. The van der Waals surface area contributed by atoms with Crippen LogP contribution in [0.25, 0.3) is 0 Å². The molecular weight excluding hydrogens is 535 g/mol. The standard InChI is InChI=1S/C30H38F3N5O3/c1-40-24-4-3-19(14-25(24)41-2)22-15-26(30(31,32)33)38-27(34-22)16-23(35-38)29(39)37-7-5-36(6-8-37)28-20-10-17-9-18(12-20)13-21(28)11-17/h3-4,14,16-18,20-22,26,28,34H,5-13,15H2,1-2H3/p+1/t17?,18?,20?,21?,22-,26+,28?/m1/s1. The molecule has 4 saturated carbocycles. The van der Waals surface area contributed by atoms with Crippen molar-refractivity contribution in [3.63, 3.8) is 0 Å². The normalized spacial score (nSPS) is 32.9. The highest BCUT2D eigenvalue weighted by Crippen LogP contribution is 2.53. The number of amides is 1. The number of piperazine rings is 1. The van der Waals surface area contributed by atoms with E-state index in [-0.39, 0.29) is 23.8 Å². The Morgan fingerprint density at radius 2 is 1.61 bits per heavy atom. The minimum Gasteiger partial charge on any atom is -0.493 e. The lowest BCUT2D eigenvalue weighted by Crippen LogP contribution is -3.20. The largest absolute Gasteiger partial charge is 0.493 e. The summed E-state index contributed by atoms with van der Waals surface area (Å²) in [7, 11) is 3.00. The molecule has 3 heterocycles. The minimum absolute atomic E-state index is 0.0628. The van der Waals surface area contributed by atoms with Crippen LogP contribution in [-0.2, 0) is 0 Å². The van der Waals surface area contributed by atoms with E-state index in [0.29, 0.717) is 36.2 Å². The second-order valence-corrected chi connectivity index (χ2v) is 12.9. The maximum absolute atomic E-state index is 14.3. The third kappa shape index (κ3) is 4.73. The van der Waals surface area contributed by atoms with E-state index in [0.717, 1.165) is 41.4 Å². The number of benzene rings is 1. The van der Waals surface area contributed by atoms with Crippen molar-refractivity contribution in [2.45, 2.75) is 62.8 Å².